The summed E-state index contributed by atoms with van der Waals surface area (Å²) in [7, 11) is 0. The smallest absolute Gasteiger partial charge is 0.405 e. The topological polar surface area (TPSA) is 117 Å². The largest absolute Gasteiger partial charge is 0.443 e. The molecule has 2 heterocycles. The maximum Gasteiger partial charge on any atom is 0.405 e. The highest BCUT2D eigenvalue weighted by Gasteiger charge is 2.57. The minimum Gasteiger partial charge on any atom is -0.443 e. The van der Waals surface area contributed by atoms with E-state index in [1.807, 2.05) is 0 Å². The lowest BCUT2D eigenvalue weighted by molar-refractivity contribution is -0.137. The molecule has 3 N–H and O–H groups in total. The van der Waals surface area contributed by atoms with Crippen LogP contribution in [0.4, 0.5) is 9.18 Å². The zero-order valence-electron chi connectivity index (χ0n) is 19.5. The third kappa shape index (κ3) is 4.10. The molecule has 4 saturated carbocycles. The molecule has 9 nitrogen and oxygen atoms in total. The summed E-state index contributed by atoms with van der Waals surface area (Å²) in [5.74, 6) is 1.24. The Balaban J connectivity index is 1.39. The van der Waals surface area contributed by atoms with Crippen molar-refractivity contribution in [1.29, 1.82) is 0 Å². The van der Waals surface area contributed by atoms with Gasteiger partial charge in [-0.05, 0) is 55.9 Å². The zero-order valence-corrected chi connectivity index (χ0v) is 19.5. The van der Waals surface area contributed by atoms with Crippen molar-refractivity contribution in [2.75, 3.05) is 6.67 Å². The first-order chi connectivity index (χ1) is 16.2. The first kappa shape index (κ1) is 22.6. The van der Waals surface area contributed by atoms with Crippen LogP contribution in [0.3, 0.4) is 0 Å². The van der Waals surface area contributed by atoms with Gasteiger partial charge in [0.2, 0.25) is 0 Å². The van der Waals surface area contributed by atoms with Gasteiger partial charge in [-0.1, -0.05) is 19.9 Å². The molecule has 4 bridgehead atoms. The number of alkyl halides is 1. The van der Waals surface area contributed by atoms with Gasteiger partial charge in [-0.3, -0.25) is 9.18 Å². The summed E-state index contributed by atoms with van der Waals surface area (Å²) < 4.78 is 22.0. The Morgan fingerprint density at radius 1 is 1.29 bits per heavy atom. The molecule has 34 heavy (non-hydrogen) atoms. The van der Waals surface area contributed by atoms with Gasteiger partial charge in [-0.15, -0.1) is 0 Å². The number of halogens is 1. The van der Waals surface area contributed by atoms with Crippen LogP contribution in [-0.2, 0) is 4.74 Å². The van der Waals surface area contributed by atoms with Crippen LogP contribution in [0.5, 0.6) is 0 Å². The highest BCUT2D eigenvalue weighted by Crippen LogP contribution is 2.57. The van der Waals surface area contributed by atoms with E-state index in [4.69, 9.17) is 10.5 Å². The monoisotopic (exact) mass is 470 g/mol. The average Bonchev–Trinajstić information content (AvgIpc) is 3.43. The van der Waals surface area contributed by atoms with Gasteiger partial charge in [0, 0.05) is 30.1 Å². The van der Waals surface area contributed by atoms with E-state index in [9.17, 15) is 14.0 Å². The number of carbonyl (C=O) groups excluding carboxylic acids is 2. The van der Waals surface area contributed by atoms with E-state index < -0.39 is 23.8 Å². The van der Waals surface area contributed by atoms with E-state index in [2.05, 4.69) is 15.5 Å². The molecule has 6 rings (SSSR count). The molecule has 2 aromatic heterocycles. The molecule has 0 radical (unpaired) electrons. The summed E-state index contributed by atoms with van der Waals surface area (Å²) in [5.41, 5.74) is 4.61. The fourth-order valence-corrected chi connectivity index (χ4v) is 6.32. The number of hydrogen-bond acceptors (Lipinski definition) is 5. The third-order valence-electron chi connectivity index (χ3n) is 7.58. The molecule has 2 unspecified atom stereocenters. The van der Waals surface area contributed by atoms with Gasteiger partial charge in [0.05, 0.1) is 12.9 Å². The van der Waals surface area contributed by atoms with Gasteiger partial charge < -0.3 is 15.8 Å². The third-order valence-corrected chi connectivity index (χ3v) is 7.58. The molecule has 0 aromatic carbocycles. The number of nitrogens with one attached hydrogen (secondary N) is 1. The van der Waals surface area contributed by atoms with E-state index in [0.29, 0.717) is 17.3 Å². The Morgan fingerprint density at radius 3 is 2.65 bits per heavy atom. The van der Waals surface area contributed by atoms with Crippen LogP contribution in [-0.4, -0.2) is 49.9 Å². The standard InChI is InChI=1S/C24H31FN6O3/c1-23(2,14-25)4-7-31-21(30-6-3-5-27-30)18(13-28-31)20(32)29-19-16-8-15-9-17(19)12-24(10-15,11-16)34-22(26)33/h3-7,13,15-17,19H,8-12,14H2,1-2H3,(H2,26,33)(H,29,32). The minimum absolute atomic E-state index is 0.00323. The Morgan fingerprint density at radius 2 is 2.03 bits per heavy atom. The summed E-state index contributed by atoms with van der Waals surface area (Å²) in [6, 6.07) is 1.77. The predicted molar refractivity (Wildman–Crippen MR) is 123 cm³/mol. The van der Waals surface area contributed by atoms with Gasteiger partial charge in [-0.25, -0.2) is 14.2 Å². The molecule has 182 valence electrons. The van der Waals surface area contributed by atoms with Crippen LogP contribution in [0, 0.1) is 23.2 Å². The maximum absolute atomic E-state index is 13.5. The molecule has 0 spiro atoms. The van der Waals surface area contributed by atoms with Crippen molar-refractivity contribution >= 4 is 18.2 Å². The Bertz CT molecular complexity index is 1090. The molecule has 2 atom stereocenters. The van der Waals surface area contributed by atoms with E-state index in [-0.39, 0.29) is 23.8 Å². The molecular formula is C24H31FN6O3. The molecule has 10 heteroatoms. The van der Waals surface area contributed by atoms with Crippen LogP contribution in [0.25, 0.3) is 12.0 Å². The van der Waals surface area contributed by atoms with Crippen LogP contribution in [0.1, 0.15) is 56.3 Å². The summed E-state index contributed by atoms with van der Waals surface area (Å²) in [4.78, 5) is 25.0. The number of ether oxygens (including phenoxy) is 1. The first-order valence-electron chi connectivity index (χ1n) is 11.8. The van der Waals surface area contributed by atoms with Crippen molar-refractivity contribution in [2.24, 2.45) is 28.9 Å². The number of hydrogen-bond donors (Lipinski definition) is 2. The normalized spacial score (nSPS) is 30.1. The molecule has 0 saturated heterocycles. The SMILES string of the molecule is CC(C)(C=Cn1ncc(C(=O)NC2C3CC4CC2CC(OC(N)=O)(C4)C3)c1-n1cccn1)CF. The minimum atomic E-state index is -0.720. The number of nitrogens with two attached hydrogens (primary N) is 1. The highest BCUT2D eigenvalue weighted by atomic mass is 19.1. The van der Waals surface area contributed by atoms with Crippen molar-refractivity contribution in [3.05, 3.63) is 36.3 Å². The summed E-state index contributed by atoms with van der Waals surface area (Å²) in [5, 5.41) is 11.9. The number of rotatable bonds is 7. The second-order valence-electron chi connectivity index (χ2n) is 10.8. The van der Waals surface area contributed by atoms with Crippen LogP contribution >= 0.6 is 0 Å². The Hall–Kier alpha value is -3.17. The molecule has 0 aliphatic heterocycles. The number of allylic oxidation sites excluding steroid dienone is 1. The van der Waals surface area contributed by atoms with Crippen molar-refractivity contribution in [1.82, 2.24) is 24.9 Å². The molecular weight excluding hydrogens is 439 g/mol. The van der Waals surface area contributed by atoms with Crippen LogP contribution < -0.4 is 11.1 Å². The predicted octanol–water partition coefficient (Wildman–Crippen LogP) is 3.31. The van der Waals surface area contributed by atoms with E-state index in [0.717, 1.165) is 32.1 Å². The molecule has 2 amide bonds. The van der Waals surface area contributed by atoms with Gasteiger partial charge in [-0.2, -0.15) is 10.2 Å². The zero-order chi connectivity index (χ0) is 24.1. The second-order valence-corrected chi connectivity index (χ2v) is 10.8. The van der Waals surface area contributed by atoms with E-state index >= 15 is 0 Å². The quantitative estimate of drug-likeness (QED) is 0.644. The maximum atomic E-state index is 13.5. The summed E-state index contributed by atoms with van der Waals surface area (Å²) in [6.07, 6.45) is 11.9. The Labute approximate surface area is 197 Å². The summed E-state index contributed by atoms with van der Waals surface area (Å²) >= 11 is 0. The number of aromatic nitrogens is 4. The van der Waals surface area contributed by atoms with Crippen molar-refractivity contribution in [3.63, 3.8) is 0 Å². The fourth-order valence-electron chi connectivity index (χ4n) is 6.32. The number of nitrogens with zero attached hydrogens (tertiary/aromatic N) is 4. The fraction of sp³-hybridized carbons (Fsp3) is 0.583. The van der Waals surface area contributed by atoms with Crippen molar-refractivity contribution in [3.8, 4) is 5.82 Å². The van der Waals surface area contributed by atoms with Gasteiger partial charge in [0.1, 0.15) is 11.2 Å². The second kappa shape index (κ2) is 8.25. The lowest BCUT2D eigenvalue weighted by Crippen LogP contribution is -2.63. The average molecular weight is 471 g/mol. The number of carbonyl (C=O) groups is 2. The van der Waals surface area contributed by atoms with Crippen molar-refractivity contribution in [2.45, 2.75) is 57.6 Å². The van der Waals surface area contributed by atoms with E-state index in [1.54, 1.807) is 53.9 Å². The van der Waals surface area contributed by atoms with Crippen LogP contribution in [0.2, 0.25) is 0 Å². The number of primary amides is 1. The first-order valence-corrected chi connectivity index (χ1v) is 11.8. The van der Waals surface area contributed by atoms with Crippen molar-refractivity contribution < 1.29 is 18.7 Å². The van der Waals surface area contributed by atoms with Gasteiger partial charge in [0.15, 0.2) is 5.82 Å². The molecule has 4 aliphatic carbocycles. The lowest BCUT2D eigenvalue weighted by atomic mass is 9.52. The van der Waals surface area contributed by atoms with Gasteiger partial charge >= 0.3 is 6.09 Å². The van der Waals surface area contributed by atoms with E-state index in [1.165, 1.54) is 6.20 Å². The molecule has 2 aromatic rings. The molecule has 4 aliphatic rings. The Kier molecular flexibility index (Phi) is 5.49. The lowest BCUT2D eigenvalue weighted by Gasteiger charge is -2.58. The highest BCUT2D eigenvalue weighted by molar-refractivity contribution is 5.97. The van der Waals surface area contributed by atoms with Gasteiger partial charge in [0.25, 0.3) is 5.91 Å². The molecule has 4 fully saturated rings. The van der Waals surface area contributed by atoms with Crippen LogP contribution in [0.15, 0.2) is 30.7 Å². The number of amides is 2. The summed E-state index contributed by atoms with van der Waals surface area (Å²) in [6.45, 7) is 3.06.